The molecule has 1 atom stereocenters. The fourth-order valence-corrected chi connectivity index (χ4v) is 2.34. The SMILES string of the molecule is O=C(CC1CCC1)NC(Cc1ccc(O)c(O)c1)C(=O)O. The summed E-state index contributed by atoms with van der Waals surface area (Å²) in [7, 11) is 0. The van der Waals surface area contributed by atoms with Gasteiger partial charge in [0.05, 0.1) is 0 Å². The largest absolute Gasteiger partial charge is 0.504 e. The van der Waals surface area contributed by atoms with Gasteiger partial charge in [-0.3, -0.25) is 4.79 Å². The summed E-state index contributed by atoms with van der Waals surface area (Å²) in [6.07, 6.45) is 3.60. The zero-order valence-electron chi connectivity index (χ0n) is 11.6. The molecule has 1 saturated carbocycles. The number of benzene rings is 1. The number of hydrogen-bond acceptors (Lipinski definition) is 4. The molecule has 1 aliphatic carbocycles. The van der Waals surface area contributed by atoms with E-state index < -0.39 is 12.0 Å². The first-order valence-corrected chi connectivity index (χ1v) is 6.98. The number of carbonyl (C=O) groups excluding carboxylic acids is 1. The third-order valence-corrected chi connectivity index (χ3v) is 3.81. The molecular weight excluding hydrogens is 274 g/mol. The molecule has 114 valence electrons. The van der Waals surface area contributed by atoms with E-state index in [2.05, 4.69) is 5.32 Å². The molecule has 21 heavy (non-hydrogen) atoms. The van der Waals surface area contributed by atoms with Gasteiger partial charge in [0.15, 0.2) is 11.5 Å². The Bertz CT molecular complexity index is 539. The van der Waals surface area contributed by atoms with E-state index in [1.807, 2.05) is 0 Å². The van der Waals surface area contributed by atoms with E-state index in [-0.39, 0.29) is 23.8 Å². The van der Waals surface area contributed by atoms with E-state index in [0.717, 1.165) is 19.3 Å². The van der Waals surface area contributed by atoms with E-state index in [1.165, 1.54) is 18.2 Å². The highest BCUT2D eigenvalue weighted by Gasteiger charge is 2.25. The molecule has 1 aliphatic rings. The Balaban J connectivity index is 1.96. The molecule has 1 amide bonds. The van der Waals surface area contributed by atoms with Crippen molar-refractivity contribution in [2.45, 2.75) is 38.1 Å². The fourth-order valence-electron chi connectivity index (χ4n) is 2.34. The number of hydrogen-bond donors (Lipinski definition) is 4. The standard InChI is InChI=1S/C15H19NO5/c17-12-5-4-10(7-13(12)18)6-11(15(20)21)16-14(19)8-9-2-1-3-9/h4-5,7,9,11,17-18H,1-3,6,8H2,(H,16,19)(H,20,21). The zero-order chi connectivity index (χ0) is 15.4. The number of aromatic hydroxyl groups is 2. The average molecular weight is 293 g/mol. The molecule has 1 aromatic rings. The summed E-state index contributed by atoms with van der Waals surface area (Å²) in [4.78, 5) is 23.0. The van der Waals surface area contributed by atoms with Crippen molar-refractivity contribution >= 4 is 11.9 Å². The van der Waals surface area contributed by atoms with Crippen molar-refractivity contribution in [3.8, 4) is 11.5 Å². The van der Waals surface area contributed by atoms with E-state index in [0.29, 0.717) is 17.9 Å². The van der Waals surface area contributed by atoms with Gasteiger partial charge in [-0.15, -0.1) is 0 Å². The minimum absolute atomic E-state index is 0.0551. The molecule has 0 heterocycles. The van der Waals surface area contributed by atoms with Gasteiger partial charge in [-0.1, -0.05) is 12.5 Å². The smallest absolute Gasteiger partial charge is 0.326 e. The van der Waals surface area contributed by atoms with Crippen LogP contribution in [-0.4, -0.2) is 33.2 Å². The highest BCUT2D eigenvalue weighted by atomic mass is 16.4. The molecule has 0 bridgehead atoms. The third kappa shape index (κ3) is 4.11. The lowest BCUT2D eigenvalue weighted by Crippen LogP contribution is -2.43. The normalized spacial score (nSPS) is 16.0. The Morgan fingerprint density at radius 2 is 1.95 bits per heavy atom. The first-order chi connectivity index (χ1) is 9.95. The van der Waals surface area contributed by atoms with Gasteiger partial charge >= 0.3 is 5.97 Å². The topological polar surface area (TPSA) is 107 Å². The van der Waals surface area contributed by atoms with Crippen molar-refractivity contribution in [2.24, 2.45) is 5.92 Å². The maximum atomic E-state index is 11.8. The van der Waals surface area contributed by atoms with Gasteiger partial charge in [0.25, 0.3) is 0 Å². The van der Waals surface area contributed by atoms with Crippen LogP contribution >= 0.6 is 0 Å². The van der Waals surface area contributed by atoms with E-state index in [4.69, 9.17) is 0 Å². The molecular formula is C15H19NO5. The van der Waals surface area contributed by atoms with Gasteiger partial charge < -0.3 is 20.6 Å². The number of phenolic OH excluding ortho intramolecular Hbond substituents is 2. The molecule has 1 fully saturated rings. The summed E-state index contributed by atoms with van der Waals surface area (Å²) < 4.78 is 0. The van der Waals surface area contributed by atoms with Crippen molar-refractivity contribution in [3.05, 3.63) is 23.8 Å². The van der Waals surface area contributed by atoms with Crippen molar-refractivity contribution in [1.82, 2.24) is 5.32 Å². The maximum absolute atomic E-state index is 11.8. The zero-order valence-corrected chi connectivity index (χ0v) is 11.6. The Morgan fingerprint density at radius 3 is 2.48 bits per heavy atom. The van der Waals surface area contributed by atoms with Crippen LogP contribution < -0.4 is 5.32 Å². The minimum Gasteiger partial charge on any atom is -0.504 e. The van der Waals surface area contributed by atoms with Crippen LogP contribution in [0.15, 0.2) is 18.2 Å². The molecule has 0 aliphatic heterocycles. The number of carbonyl (C=O) groups is 2. The summed E-state index contributed by atoms with van der Waals surface area (Å²) in [5, 5.41) is 30.3. The van der Waals surface area contributed by atoms with Crippen molar-refractivity contribution in [2.75, 3.05) is 0 Å². The maximum Gasteiger partial charge on any atom is 0.326 e. The average Bonchev–Trinajstić information content (AvgIpc) is 2.37. The number of aliphatic carboxylic acids is 1. The summed E-state index contributed by atoms with van der Waals surface area (Å²) >= 11 is 0. The van der Waals surface area contributed by atoms with E-state index in [9.17, 15) is 24.9 Å². The summed E-state index contributed by atoms with van der Waals surface area (Å²) in [5.41, 5.74) is 0.529. The first-order valence-electron chi connectivity index (χ1n) is 6.98. The fraction of sp³-hybridized carbons (Fsp3) is 0.467. The second-order valence-corrected chi connectivity index (χ2v) is 5.49. The minimum atomic E-state index is -1.12. The quantitative estimate of drug-likeness (QED) is 0.593. The second kappa shape index (κ2) is 6.47. The molecule has 4 N–H and O–H groups in total. The van der Waals surface area contributed by atoms with Gasteiger partial charge in [0.1, 0.15) is 6.04 Å². The van der Waals surface area contributed by atoms with Crippen LogP contribution in [0.4, 0.5) is 0 Å². The summed E-state index contributed by atoms with van der Waals surface area (Å²) in [6.45, 7) is 0. The van der Waals surface area contributed by atoms with Crippen molar-refractivity contribution < 1.29 is 24.9 Å². The van der Waals surface area contributed by atoms with Gasteiger partial charge in [0, 0.05) is 12.8 Å². The predicted octanol–water partition coefficient (Wildman–Crippen LogP) is 1.40. The number of rotatable bonds is 6. The third-order valence-electron chi connectivity index (χ3n) is 3.81. The van der Waals surface area contributed by atoms with Crippen LogP contribution in [0.25, 0.3) is 0 Å². The number of amides is 1. The molecule has 6 nitrogen and oxygen atoms in total. The highest BCUT2D eigenvalue weighted by Crippen LogP contribution is 2.29. The lowest BCUT2D eigenvalue weighted by atomic mass is 9.83. The van der Waals surface area contributed by atoms with Gasteiger partial charge in [-0.2, -0.15) is 0 Å². The number of phenols is 2. The van der Waals surface area contributed by atoms with Crippen LogP contribution in [0, 0.1) is 5.92 Å². The van der Waals surface area contributed by atoms with Crippen molar-refractivity contribution in [3.63, 3.8) is 0 Å². The van der Waals surface area contributed by atoms with Gasteiger partial charge in [-0.05, 0) is 36.5 Å². The molecule has 1 aromatic carbocycles. The highest BCUT2D eigenvalue weighted by molar-refractivity contribution is 5.83. The number of nitrogens with one attached hydrogen (secondary N) is 1. The first kappa shape index (κ1) is 15.2. The molecule has 6 heteroatoms. The Kier molecular flexibility index (Phi) is 4.67. The molecule has 0 aromatic heterocycles. The number of carboxylic acid groups (broad SMARTS) is 1. The predicted molar refractivity (Wildman–Crippen MR) is 75.0 cm³/mol. The monoisotopic (exact) mass is 293 g/mol. The van der Waals surface area contributed by atoms with Crippen LogP contribution in [0.2, 0.25) is 0 Å². The molecule has 1 unspecified atom stereocenters. The molecule has 0 saturated heterocycles. The van der Waals surface area contributed by atoms with Gasteiger partial charge in [0.2, 0.25) is 5.91 Å². The van der Waals surface area contributed by atoms with Gasteiger partial charge in [-0.25, -0.2) is 4.79 Å². The molecule has 2 rings (SSSR count). The van der Waals surface area contributed by atoms with Crippen LogP contribution in [0.3, 0.4) is 0 Å². The Labute approximate surface area is 122 Å². The van der Waals surface area contributed by atoms with Crippen LogP contribution in [-0.2, 0) is 16.0 Å². The molecule has 0 radical (unpaired) electrons. The lowest BCUT2D eigenvalue weighted by Gasteiger charge is -2.25. The summed E-state index contributed by atoms with van der Waals surface area (Å²) in [6, 6.07) is 3.06. The van der Waals surface area contributed by atoms with E-state index >= 15 is 0 Å². The second-order valence-electron chi connectivity index (χ2n) is 5.49. The Hall–Kier alpha value is -2.24. The lowest BCUT2D eigenvalue weighted by molar-refractivity contribution is -0.142. The van der Waals surface area contributed by atoms with Crippen LogP contribution in [0.1, 0.15) is 31.2 Å². The van der Waals surface area contributed by atoms with Crippen LogP contribution in [0.5, 0.6) is 11.5 Å². The van der Waals surface area contributed by atoms with E-state index in [1.54, 1.807) is 0 Å². The molecule has 0 spiro atoms. The van der Waals surface area contributed by atoms with Crippen molar-refractivity contribution in [1.29, 1.82) is 0 Å². The Morgan fingerprint density at radius 1 is 1.24 bits per heavy atom. The number of carboxylic acids is 1. The summed E-state index contributed by atoms with van der Waals surface area (Å²) in [5.74, 6) is -1.58.